The van der Waals surface area contributed by atoms with Crippen molar-refractivity contribution in [2.24, 2.45) is 0 Å². The van der Waals surface area contributed by atoms with E-state index in [4.69, 9.17) is 9.84 Å². The SMILES string of the molecule is COc1c(C)cc(C)cc1/C(C)=C/C=C/C(=O)O. The first kappa shape index (κ1) is 14.0. The molecule has 1 rings (SSSR count). The standard InChI is InChI=1S/C15H18O3/c1-10-8-12(3)15(18-4)13(9-10)11(2)6-5-7-14(16)17/h5-9H,1-4H3,(H,16,17)/b7-5+,11-6+. The smallest absolute Gasteiger partial charge is 0.328 e. The second-order valence-corrected chi connectivity index (χ2v) is 4.21. The Balaban J connectivity index is 3.19. The number of carboxylic acid groups (broad SMARTS) is 1. The molecule has 0 radical (unpaired) electrons. The van der Waals surface area contributed by atoms with Gasteiger partial charge in [0.05, 0.1) is 7.11 Å². The van der Waals surface area contributed by atoms with Crippen molar-refractivity contribution >= 4 is 11.5 Å². The highest BCUT2D eigenvalue weighted by atomic mass is 16.5. The molecular formula is C15H18O3. The van der Waals surface area contributed by atoms with Crippen LogP contribution in [0.15, 0.2) is 30.4 Å². The van der Waals surface area contributed by atoms with E-state index in [0.717, 1.165) is 34.1 Å². The molecule has 1 aromatic carbocycles. The minimum absolute atomic E-state index is 0.832. The molecule has 0 heterocycles. The van der Waals surface area contributed by atoms with Crippen LogP contribution in [0.2, 0.25) is 0 Å². The fourth-order valence-corrected chi connectivity index (χ4v) is 1.88. The van der Waals surface area contributed by atoms with Crippen molar-refractivity contribution in [3.8, 4) is 5.75 Å². The summed E-state index contributed by atoms with van der Waals surface area (Å²) in [6.07, 6.45) is 4.40. The lowest BCUT2D eigenvalue weighted by Crippen LogP contribution is -1.94. The van der Waals surface area contributed by atoms with Gasteiger partial charge in [0.2, 0.25) is 0 Å². The number of aryl methyl sites for hydroxylation is 2. The fourth-order valence-electron chi connectivity index (χ4n) is 1.88. The number of rotatable bonds is 4. The zero-order valence-electron chi connectivity index (χ0n) is 11.2. The van der Waals surface area contributed by atoms with Crippen LogP contribution in [0.1, 0.15) is 23.6 Å². The second-order valence-electron chi connectivity index (χ2n) is 4.21. The zero-order valence-corrected chi connectivity index (χ0v) is 11.2. The summed E-state index contributed by atoms with van der Waals surface area (Å²) < 4.78 is 5.40. The van der Waals surface area contributed by atoms with Crippen LogP contribution in [0, 0.1) is 13.8 Å². The van der Waals surface area contributed by atoms with Crippen LogP contribution >= 0.6 is 0 Å². The summed E-state index contributed by atoms with van der Waals surface area (Å²) in [5.74, 6) is -0.121. The van der Waals surface area contributed by atoms with E-state index in [1.54, 1.807) is 13.2 Å². The van der Waals surface area contributed by atoms with Gasteiger partial charge in [-0.15, -0.1) is 0 Å². The Bertz CT molecular complexity index is 511. The molecule has 0 saturated heterocycles. The van der Waals surface area contributed by atoms with E-state index >= 15 is 0 Å². The quantitative estimate of drug-likeness (QED) is 0.654. The third kappa shape index (κ3) is 3.48. The molecule has 0 bridgehead atoms. The molecule has 0 aliphatic rings. The van der Waals surface area contributed by atoms with Gasteiger partial charge in [0, 0.05) is 11.6 Å². The highest BCUT2D eigenvalue weighted by Crippen LogP contribution is 2.30. The minimum atomic E-state index is -0.952. The van der Waals surface area contributed by atoms with Crippen LogP contribution < -0.4 is 4.74 Å². The van der Waals surface area contributed by atoms with Gasteiger partial charge in [0.25, 0.3) is 0 Å². The van der Waals surface area contributed by atoms with Crippen LogP contribution in [0.4, 0.5) is 0 Å². The van der Waals surface area contributed by atoms with Gasteiger partial charge < -0.3 is 9.84 Å². The average Bonchev–Trinajstić information content (AvgIpc) is 2.27. The Morgan fingerprint density at radius 1 is 1.33 bits per heavy atom. The number of hydrogen-bond donors (Lipinski definition) is 1. The van der Waals surface area contributed by atoms with Crippen molar-refractivity contribution in [2.45, 2.75) is 20.8 Å². The van der Waals surface area contributed by atoms with Crippen molar-refractivity contribution < 1.29 is 14.6 Å². The summed E-state index contributed by atoms with van der Waals surface area (Å²) >= 11 is 0. The molecule has 3 nitrogen and oxygen atoms in total. The molecule has 1 aromatic rings. The van der Waals surface area contributed by atoms with Gasteiger partial charge in [0.15, 0.2) is 0 Å². The summed E-state index contributed by atoms with van der Waals surface area (Å²) in [5, 5.41) is 8.55. The van der Waals surface area contributed by atoms with Crippen LogP contribution in [0.3, 0.4) is 0 Å². The molecule has 0 aliphatic carbocycles. The molecule has 18 heavy (non-hydrogen) atoms. The van der Waals surface area contributed by atoms with Gasteiger partial charge >= 0.3 is 5.97 Å². The first-order chi connectivity index (χ1) is 8.45. The van der Waals surface area contributed by atoms with E-state index < -0.39 is 5.97 Å². The van der Waals surface area contributed by atoms with E-state index in [1.807, 2.05) is 26.8 Å². The minimum Gasteiger partial charge on any atom is -0.496 e. The van der Waals surface area contributed by atoms with Gasteiger partial charge in [-0.2, -0.15) is 0 Å². The summed E-state index contributed by atoms with van der Waals surface area (Å²) in [7, 11) is 1.64. The van der Waals surface area contributed by atoms with Crippen LogP contribution in [-0.2, 0) is 4.79 Å². The monoisotopic (exact) mass is 246 g/mol. The summed E-state index contributed by atoms with van der Waals surface area (Å²) in [6, 6.07) is 4.09. The molecule has 96 valence electrons. The number of methoxy groups -OCH3 is 1. The molecule has 0 unspecified atom stereocenters. The number of carboxylic acids is 1. The largest absolute Gasteiger partial charge is 0.496 e. The molecule has 0 amide bonds. The maximum absolute atomic E-state index is 10.4. The highest BCUT2D eigenvalue weighted by molar-refractivity contribution is 5.81. The van der Waals surface area contributed by atoms with Crippen molar-refractivity contribution in [1.82, 2.24) is 0 Å². The second kappa shape index (κ2) is 6.05. The zero-order chi connectivity index (χ0) is 13.7. The maximum atomic E-state index is 10.4. The third-order valence-electron chi connectivity index (χ3n) is 2.63. The lowest BCUT2D eigenvalue weighted by molar-refractivity contribution is -0.131. The first-order valence-electron chi connectivity index (χ1n) is 5.69. The molecular weight excluding hydrogens is 228 g/mol. The number of benzene rings is 1. The lowest BCUT2D eigenvalue weighted by Gasteiger charge is -2.13. The number of allylic oxidation sites excluding steroid dienone is 3. The summed E-state index contributed by atoms with van der Waals surface area (Å²) in [6.45, 7) is 5.95. The van der Waals surface area contributed by atoms with E-state index in [0.29, 0.717) is 0 Å². The number of carbonyl (C=O) groups is 1. The molecule has 0 aromatic heterocycles. The number of ether oxygens (including phenoxy) is 1. The van der Waals surface area contributed by atoms with Gasteiger partial charge in [0.1, 0.15) is 5.75 Å². The lowest BCUT2D eigenvalue weighted by atomic mass is 9.99. The molecule has 1 N–H and O–H groups in total. The normalized spacial score (nSPS) is 11.9. The Kier molecular flexibility index (Phi) is 4.72. The Labute approximate surface area is 107 Å². The molecule has 0 aliphatic heterocycles. The van der Waals surface area contributed by atoms with E-state index in [9.17, 15) is 4.79 Å². The number of aliphatic carboxylic acids is 1. The van der Waals surface area contributed by atoms with E-state index in [-0.39, 0.29) is 0 Å². The van der Waals surface area contributed by atoms with Gasteiger partial charge in [-0.05, 0) is 43.5 Å². The van der Waals surface area contributed by atoms with Gasteiger partial charge in [-0.25, -0.2) is 4.79 Å². The van der Waals surface area contributed by atoms with Gasteiger partial charge in [-0.3, -0.25) is 0 Å². The predicted molar refractivity (Wildman–Crippen MR) is 72.9 cm³/mol. The van der Waals surface area contributed by atoms with Gasteiger partial charge in [-0.1, -0.05) is 18.2 Å². The maximum Gasteiger partial charge on any atom is 0.328 e. The molecule has 3 heteroatoms. The Morgan fingerprint density at radius 3 is 2.56 bits per heavy atom. The molecule has 0 atom stereocenters. The third-order valence-corrected chi connectivity index (χ3v) is 2.63. The molecule has 0 fully saturated rings. The number of hydrogen-bond acceptors (Lipinski definition) is 2. The Morgan fingerprint density at radius 2 is 2.00 bits per heavy atom. The summed E-state index contributed by atoms with van der Waals surface area (Å²) in [4.78, 5) is 10.4. The van der Waals surface area contributed by atoms with Crippen molar-refractivity contribution in [2.75, 3.05) is 7.11 Å². The first-order valence-corrected chi connectivity index (χ1v) is 5.69. The van der Waals surface area contributed by atoms with Crippen LogP contribution in [0.5, 0.6) is 5.75 Å². The molecule has 0 spiro atoms. The van der Waals surface area contributed by atoms with Crippen molar-refractivity contribution in [3.05, 3.63) is 47.1 Å². The fraction of sp³-hybridized carbons (Fsp3) is 0.267. The average molecular weight is 246 g/mol. The summed E-state index contributed by atoms with van der Waals surface area (Å²) in [5.41, 5.74) is 4.18. The van der Waals surface area contributed by atoms with Crippen LogP contribution in [-0.4, -0.2) is 18.2 Å². The van der Waals surface area contributed by atoms with Crippen LogP contribution in [0.25, 0.3) is 5.57 Å². The van der Waals surface area contributed by atoms with E-state index in [2.05, 4.69) is 6.07 Å². The predicted octanol–water partition coefficient (Wildman–Crippen LogP) is 3.36. The molecule has 0 saturated carbocycles. The van der Waals surface area contributed by atoms with Crippen molar-refractivity contribution in [1.29, 1.82) is 0 Å². The Hall–Kier alpha value is -2.03. The van der Waals surface area contributed by atoms with Crippen molar-refractivity contribution in [3.63, 3.8) is 0 Å². The topological polar surface area (TPSA) is 46.5 Å². The highest BCUT2D eigenvalue weighted by Gasteiger charge is 2.08. The van der Waals surface area contributed by atoms with E-state index in [1.165, 1.54) is 6.08 Å².